The Labute approximate surface area is 167 Å². The smallest absolute Gasteiger partial charge is 0.0190 e. The van der Waals surface area contributed by atoms with Gasteiger partial charge in [-0.05, 0) is 59.1 Å². The van der Waals surface area contributed by atoms with Gasteiger partial charge < -0.3 is 0 Å². The highest BCUT2D eigenvalue weighted by Crippen LogP contribution is 2.30. The number of aryl methyl sites for hydroxylation is 2. The first-order chi connectivity index (χ1) is 12.9. The molecule has 4 bridgehead atoms. The number of thioether (sulfide) groups is 2. The summed E-state index contributed by atoms with van der Waals surface area (Å²) in [6.07, 6.45) is 10.8. The quantitative estimate of drug-likeness (QED) is 0.468. The Morgan fingerprint density at radius 3 is 1.46 bits per heavy atom. The molecule has 0 saturated carbocycles. The third-order valence-electron chi connectivity index (χ3n) is 5.74. The summed E-state index contributed by atoms with van der Waals surface area (Å²) in [5.74, 6) is 4.60. The van der Waals surface area contributed by atoms with E-state index in [9.17, 15) is 0 Å². The summed E-state index contributed by atoms with van der Waals surface area (Å²) in [4.78, 5) is 0. The molecule has 0 aromatic heterocycles. The predicted octanol–water partition coefficient (Wildman–Crippen LogP) is 7.31. The van der Waals surface area contributed by atoms with Crippen LogP contribution in [-0.2, 0) is 35.9 Å². The summed E-state index contributed by atoms with van der Waals surface area (Å²) in [6.45, 7) is 0. The Kier molecular flexibility index (Phi) is 6.67. The Hall–Kier alpha value is -0.860. The molecule has 2 aromatic rings. The second-order valence-electron chi connectivity index (χ2n) is 7.81. The fraction of sp³-hybridized carbons (Fsp3) is 0.500. The molecule has 0 radical (unpaired) electrons. The summed E-state index contributed by atoms with van der Waals surface area (Å²) in [5.41, 5.74) is 9.41. The monoisotopic (exact) mass is 382 g/mol. The van der Waals surface area contributed by atoms with E-state index in [2.05, 4.69) is 59.9 Å². The van der Waals surface area contributed by atoms with Crippen LogP contribution in [0.5, 0.6) is 0 Å². The van der Waals surface area contributed by atoms with Crippen molar-refractivity contribution in [2.75, 3.05) is 0 Å². The number of hydrogen-bond acceptors (Lipinski definition) is 2. The van der Waals surface area contributed by atoms with Crippen molar-refractivity contribution < 1.29 is 0 Å². The molecule has 2 heterocycles. The van der Waals surface area contributed by atoms with Crippen LogP contribution in [0, 0.1) is 0 Å². The minimum Gasteiger partial charge on any atom is -0.152 e. The highest BCUT2D eigenvalue weighted by atomic mass is 32.2. The van der Waals surface area contributed by atoms with Crippen LogP contribution >= 0.6 is 23.5 Å². The van der Waals surface area contributed by atoms with Crippen molar-refractivity contribution in [2.45, 2.75) is 74.4 Å². The topological polar surface area (TPSA) is 0 Å². The van der Waals surface area contributed by atoms with Crippen LogP contribution < -0.4 is 0 Å². The molecule has 0 fully saturated rings. The van der Waals surface area contributed by atoms with E-state index in [1.807, 2.05) is 0 Å². The Balaban J connectivity index is 1.65. The molecule has 4 rings (SSSR count). The van der Waals surface area contributed by atoms with Gasteiger partial charge in [0, 0.05) is 23.0 Å². The highest BCUT2D eigenvalue weighted by molar-refractivity contribution is 7.98. The van der Waals surface area contributed by atoms with E-state index in [1.54, 1.807) is 22.3 Å². The van der Waals surface area contributed by atoms with Gasteiger partial charge in [-0.15, -0.1) is 0 Å². The summed E-state index contributed by atoms with van der Waals surface area (Å²) >= 11 is 4.18. The van der Waals surface area contributed by atoms with Crippen LogP contribution in [0.3, 0.4) is 0 Å². The van der Waals surface area contributed by atoms with Gasteiger partial charge in [0.15, 0.2) is 0 Å². The van der Waals surface area contributed by atoms with Crippen LogP contribution in [0.2, 0.25) is 0 Å². The second-order valence-corrected chi connectivity index (χ2v) is 9.78. The van der Waals surface area contributed by atoms with Crippen molar-refractivity contribution in [3.63, 3.8) is 0 Å². The normalized spacial score (nSPS) is 18.9. The van der Waals surface area contributed by atoms with Crippen LogP contribution in [-0.4, -0.2) is 0 Å². The summed E-state index contributed by atoms with van der Waals surface area (Å²) < 4.78 is 0. The predicted molar refractivity (Wildman–Crippen MR) is 118 cm³/mol. The van der Waals surface area contributed by atoms with Crippen LogP contribution in [0.1, 0.15) is 71.9 Å². The lowest BCUT2D eigenvalue weighted by Crippen LogP contribution is -1.99. The van der Waals surface area contributed by atoms with Crippen molar-refractivity contribution in [1.29, 1.82) is 0 Å². The first-order valence-corrected chi connectivity index (χ1v) is 12.6. The van der Waals surface area contributed by atoms with Gasteiger partial charge >= 0.3 is 0 Å². The zero-order valence-electron chi connectivity index (χ0n) is 15.8. The summed E-state index contributed by atoms with van der Waals surface area (Å²) in [6, 6.07) is 14.6. The molecule has 0 spiro atoms. The molecule has 0 saturated heterocycles. The highest BCUT2D eigenvalue weighted by Gasteiger charge is 2.11. The first-order valence-electron chi connectivity index (χ1n) is 10.3. The molecule has 2 aliphatic heterocycles. The Morgan fingerprint density at radius 2 is 0.923 bits per heavy atom. The molecule has 26 heavy (non-hydrogen) atoms. The number of rotatable bonds is 0. The van der Waals surface area contributed by atoms with E-state index in [0.29, 0.717) is 0 Å². The van der Waals surface area contributed by atoms with Crippen molar-refractivity contribution in [3.05, 3.63) is 69.8 Å². The van der Waals surface area contributed by atoms with Crippen LogP contribution in [0.25, 0.3) is 0 Å². The average molecular weight is 383 g/mol. The molecular formula is C24H30S2. The molecule has 0 N–H and O–H groups in total. The van der Waals surface area contributed by atoms with Gasteiger partial charge in [0.25, 0.3) is 0 Å². The molecule has 2 aliphatic rings. The Morgan fingerprint density at radius 1 is 0.462 bits per heavy atom. The SMILES string of the molecule is c1cc2c3cc1CSCc1ccc(c(c1)CSC3)CCCCCCCC2. The number of benzene rings is 2. The standard InChI is InChI=1S/C24H30S2/c1-2-4-6-8-22-12-10-20-14-24(22)18-26-17-23-13-19(15-25-16-20)9-11-21(23)7-5-3-1/h9-14H,1-8,15-18H2. The molecule has 0 unspecified atom stereocenters. The number of fused-ring (bicyclic) bond motifs is 4. The third-order valence-corrected chi connectivity index (χ3v) is 7.84. The van der Waals surface area contributed by atoms with Gasteiger partial charge in [-0.1, -0.05) is 62.1 Å². The summed E-state index contributed by atoms with van der Waals surface area (Å²) in [7, 11) is 0. The Bertz CT molecular complexity index is 673. The van der Waals surface area contributed by atoms with Gasteiger partial charge in [-0.25, -0.2) is 0 Å². The third kappa shape index (κ3) is 4.89. The van der Waals surface area contributed by atoms with Gasteiger partial charge in [0.05, 0.1) is 0 Å². The van der Waals surface area contributed by atoms with E-state index in [-0.39, 0.29) is 0 Å². The van der Waals surface area contributed by atoms with E-state index >= 15 is 0 Å². The maximum absolute atomic E-state index is 2.50. The first kappa shape index (κ1) is 18.5. The van der Waals surface area contributed by atoms with E-state index in [1.165, 1.54) is 62.5 Å². The van der Waals surface area contributed by atoms with Gasteiger partial charge in [0.1, 0.15) is 0 Å². The molecule has 2 heteroatoms. The second kappa shape index (κ2) is 9.37. The van der Waals surface area contributed by atoms with Gasteiger partial charge in [0.2, 0.25) is 0 Å². The largest absolute Gasteiger partial charge is 0.152 e. The lowest BCUT2D eigenvalue weighted by atomic mass is 9.98. The van der Waals surface area contributed by atoms with Gasteiger partial charge in [-0.3, -0.25) is 0 Å². The molecule has 0 amide bonds. The van der Waals surface area contributed by atoms with Crippen LogP contribution in [0.4, 0.5) is 0 Å². The minimum absolute atomic E-state index is 1.13. The fourth-order valence-electron chi connectivity index (χ4n) is 4.19. The maximum Gasteiger partial charge on any atom is 0.0190 e. The zero-order chi connectivity index (χ0) is 17.6. The van der Waals surface area contributed by atoms with Crippen molar-refractivity contribution >= 4 is 23.5 Å². The minimum atomic E-state index is 1.13. The maximum atomic E-state index is 2.50. The van der Waals surface area contributed by atoms with Crippen molar-refractivity contribution in [3.8, 4) is 0 Å². The van der Waals surface area contributed by atoms with Crippen LogP contribution in [0.15, 0.2) is 36.4 Å². The summed E-state index contributed by atoms with van der Waals surface area (Å²) in [5, 5.41) is 0. The van der Waals surface area contributed by atoms with Crippen molar-refractivity contribution in [2.24, 2.45) is 0 Å². The molecule has 0 aliphatic carbocycles. The average Bonchev–Trinajstić information content (AvgIpc) is 2.66. The van der Waals surface area contributed by atoms with Crippen molar-refractivity contribution in [1.82, 2.24) is 0 Å². The number of hydrogen-bond donors (Lipinski definition) is 0. The molecule has 0 nitrogen and oxygen atoms in total. The van der Waals surface area contributed by atoms with E-state index in [0.717, 1.165) is 23.0 Å². The molecule has 0 atom stereocenters. The molecular weight excluding hydrogens is 352 g/mol. The zero-order valence-corrected chi connectivity index (χ0v) is 17.4. The lowest BCUT2D eigenvalue weighted by molar-refractivity contribution is 0.593. The molecule has 138 valence electrons. The van der Waals surface area contributed by atoms with Gasteiger partial charge in [-0.2, -0.15) is 23.5 Å². The lowest BCUT2D eigenvalue weighted by Gasteiger charge is -2.16. The molecule has 2 aromatic carbocycles. The van der Waals surface area contributed by atoms with E-state index < -0.39 is 0 Å². The van der Waals surface area contributed by atoms with E-state index in [4.69, 9.17) is 0 Å². The fourth-order valence-corrected chi connectivity index (χ4v) is 6.20.